The second-order valence-corrected chi connectivity index (χ2v) is 9.20. The lowest BCUT2D eigenvalue weighted by Crippen LogP contribution is -2.27. The lowest BCUT2D eigenvalue weighted by atomic mass is 10.0. The van der Waals surface area contributed by atoms with Gasteiger partial charge in [-0.2, -0.15) is 8.78 Å². The Bertz CT molecular complexity index is 1240. The molecule has 2 fully saturated rings. The number of likely N-dealkylation sites (tertiary alicyclic amines) is 1. The number of alkyl halides is 2. The highest BCUT2D eigenvalue weighted by atomic mass is 19.3. The summed E-state index contributed by atoms with van der Waals surface area (Å²) in [6, 6.07) is 7.59. The van der Waals surface area contributed by atoms with Crippen molar-refractivity contribution in [3.63, 3.8) is 0 Å². The molecule has 0 bridgehead atoms. The van der Waals surface area contributed by atoms with Crippen molar-refractivity contribution in [3.8, 4) is 22.8 Å². The van der Waals surface area contributed by atoms with E-state index < -0.39 is 12.5 Å². The maximum atomic E-state index is 13.3. The molecule has 8 nitrogen and oxygen atoms in total. The minimum atomic E-state index is -3.09. The van der Waals surface area contributed by atoms with Crippen molar-refractivity contribution >= 4 is 11.6 Å². The predicted molar refractivity (Wildman–Crippen MR) is 130 cm³/mol. The number of nitrogens with zero attached hydrogens (tertiary/aromatic N) is 3. The molecular formula is C26H30F2N4O4. The number of halogens is 2. The van der Waals surface area contributed by atoms with Crippen molar-refractivity contribution in [2.75, 3.05) is 33.9 Å². The number of ether oxygens (including phenoxy) is 3. The number of carbonyl (C=O) groups excluding carboxylic acids is 1. The third-order valence-corrected chi connectivity index (χ3v) is 6.81. The first-order valence-electron chi connectivity index (χ1n) is 12.2. The smallest absolute Gasteiger partial charge is 0.387 e. The first-order valence-corrected chi connectivity index (χ1v) is 12.2. The number of imidazole rings is 1. The molecule has 1 saturated carbocycles. The van der Waals surface area contributed by atoms with E-state index in [1.165, 1.54) is 18.7 Å². The molecule has 1 aliphatic carbocycles. The second-order valence-electron chi connectivity index (χ2n) is 9.20. The molecule has 2 aliphatic rings. The summed E-state index contributed by atoms with van der Waals surface area (Å²) in [4.78, 5) is 19.8. The van der Waals surface area contributed by atoms with E-state index in [-0.39, 0.29) is 23.1 Å². The SMILES string of the molecule is COCCN1CCCC1c1ccn2c(-c3cc(OC)c(C(=O)NC4CC4)c(OC(F)F)c3)cnc2c1. The van der Waals surface area contributed by atoms with Crippen LogP contribution in [0.15, 0.2) is 36.7 Å². The molecule has 2 aromatic heterocycles. The normalized spacial score (nSPS) is 18.2. The van der Waals surface area contributed by atoms with Crippen molar-refractivity contribution < 1.29 is 27.8 Å². The van der Waals surface area contributed by atoms with E-state index in [0.29, 0.717) is 23.9 Å². The van der Waals surface area contributed by atoms with Crippen LogP contribution in [-0.4, -0.2) is 66.8 Å². The molecule has 1 N–H and O–H groups in total. The number of amides is 1. The van der Waals surface area contributed by atoms with Crippen molar-refractivity contribution in [2.45, 2.75) is 44.4 Å². The van der Waals surface area contributed by atoms with Crippen LogP contribution >= 0.6 is 0 Å². The third kappa shape index (κ3) is 5.01. The number of benzene rings is 1. The Labute approximate surface area is 208 Å². The molecule has 3 aromatic rings. The number of carbonyl (C=O) groups is 1. The van der Waals surface area contributed by atoms with Gasteiger partial charge in [0.2, 0.25) is 0 Å². The molecule has 5 rings (SSSR count). The Balaban J connectivity index is 1.50. The molecule has 0 spiro atoms. The van der Waals surface area contributed by atoms with Crippen molar-refractivity contribution in [1.29, 1.82) is 0 Å². The average Bonchev–Trinajstić information content (AvgIpc) is 3.38. The van der Waals surface area contributed by atoms with Crippen LogP contribution in [-0.2, 0) is 4.74 Å². The molecular weight excluding hydrogens is 470 g/mol. The fourth-order valence-electron chi connectivity index (χ4n) is 4.89. The summed E-state index contributed by atoms with van der Waals surface area (Å²) >= 11 is 0. The zero-order valence-corrected chi connectivity index (χ0v) is 20.4. The van der Waals surface area contributed by atoms with E-state index in [9.17, 15) is 13.6 Å². The molecule has 3 heterocycles. The van der Waals surface area contributed by atoms with Crippen LogP contribution < -0.4 is 14.8 Å². The molecule has 0 radical (unpaired) electrons. The van der Waals surface area contributed by atoms with Crippen LogP contribution in [0.25, 0.3) is 16.9 Å². The van der Waals surface area contributed by atoms with E-state index in [2.05, 4.69) is 27.3 Å². The van der Waals surface area contributed by atoms with Crippen LogP contribution in [0.4, 0.5) is 8.78 Å². The molecule has 192 valence electrons. The van der Waals surface area contributed by atoms with E-state index in [0.717, 1.165) is 44.4 Å². The Morgan fingerprint density at radius 2 is 2.00 bits per heavy atom. The topological polar surface area (TPSA) is 77.3 Å². The quantitative estimate of drug-likeness (QED) is 0.448. The van der Waals surface area contributed by atoms with Gasteiger partial charge in [0.15, 0.2) is 0 Å². The maximum absolute atomic E-state index is 13.3. The van der Waals surface area contributed by atoms with Gasteiger partial charge in [0, 0.05) is 37.5 Å². The van der Waals surface area contributed by atoms with Crippen molar-refractivity contribution in [2.24, 2.45) is 0 Å². The van der Waals surface area contributed by atoms with Gasteiger partial charge in [-0.1, -0.05) is 0 Å². The molecule has 1 saturated heterocycles. The number of hydrogen-bond donors (Lipinski definition) is 1. The highest BCUT2D eigenvalue weighted by Gasteiger charge is 2.29. The average molecular weight is 501 g/mol. The third-order valence-electron chi connectivity index (χ3n) is 6.81. The van der Waals surface area contributed by atoms with Gasteiger partial charge in [0.25, 0.3) is 5.91 Å². The highest BCUT2D eigenvalue weighted by Crippen LogP contribution is 2.38. The Morgan fingerprint density at radius 3 is 2.72 bits per heavy atom. The first-order chi connectivity index (χ1) is 17.5. The zero-order chi connectivity index (χ0) is 25.2. The number of fused-ring (bicyclic) bond motifs is 1. The Hall–Kier alpha value is -3.24. The number of methoxy groups -OCH3 is 2. The van der Waals surface area contributed by atoms with E-state index in [1.807, 2.05) is 10.6 Å². The number of hydrogen-bond acceptors (Lipinski definition) is 6. The highest BCUT2D eigenvalue weighted by molar-refractivity contribution is 6.01. The molecule has 1 aliphatic heterocycles. The monoisotopic (exact) mass is 500 g/mol. The van der Waals surface area contributed by atoms with Gasteiger partial charge in [-0.25, -0.2) is 4.98 Å². The number of aromatic nitrogens is 2. The fourth-order valence-corrected chi connectivity index (χ4v) is 4.89. The van der Waals surface area contributed by atoms with Gasteiger partial charge in [-0.3, -0.25) is 14.1 Å². The van der Waals surface area contributed by atoms with Gasteiger partial charge in [-0.05, 0) is 62.1 Å². The molecule has 1 atom stereocenters. The van der Waals surface area contributed by atoms with Crippen molar-refractivity contribution in [1.82, 2.24) is 19.6 Å². The minimum absolute atomic E-state index is 0.0399. The summed E-state index contributed by atoms with van der Waals surface area (Å²) in [6.45, 7) is -0.494. The molecule has 1 amide bonds. The number of pyridine rings is 1. The summed E-state index contributed by atoms with van der Waals surface area (Å²) in [5, 5.41) is 2.82. The molecule has 1 unspecified atom stereocenters. The van der Waals surface area contributed by atoms with Crippen LogP contribution in [0, 0.1) is 0 Å². The van der Waals surface area contributed by atoms with E-state index >= 15 is 0 Å². The summed E-state index contributed by atoms with van der Waals surface area (Å²) in [7, 11) is 3.11. The lowest BCUT2D eigenvalue weighted by molar-refractivity contribution is -0.0502. The Kier molecular flexibility index (Phi) is 7.06. The van der Waals surface area contributed by atoms with Crippen LogP contribution in [0.2, 0.25) is 0 Å². The summed E-state index contributed by atoms with van der Waals surface area (Å²) in [5.41, 5.74) is 3.10. The summed E-state index contributed by atoms with van der Waals surface area (Å²) in [5.74, 6) is -0.564. The van der Waals surface area contributed by atoms with Gasteiger partial charge in [-0.15, -0.1) is 0 Å². The standard InChI is InChI=1S/C26H30F2N4O4/c1-34-11-10-31-8-3-4-19(31)16-7-9-32-20(15-29-23(32)14-16)17-12-21(35-2)24(22(13-17)36-26(27)28)25(33)30-18-5-6-18/h7,9,12-15,18-19,26H,3-6,8,10-11H2,1-2H3,(H,30,33). The second kappa shape index (κ2) is 10.4. The van der Waals surface area contributed by atoms with E-state index in [1.54, 1.807) is 19.4 Å². The lowest BCUT2D eigenvalue weighted by Gasteiger charge is -2.24. The maximum Gasteiger partial charge on any atom is 0.387 e. The largest absolute Gasteiger partial charge is 0.496 e. The number of nitrogens with one attached hydrogen (secondary N) is 1. The van der Waals surface area contributed by atoms with Crippen molar-refractivity contribution in [3.05, 3.63) is 47.8 Å². The predicted octanol–water partition coefficient (Wildman–Crippen LogP) is 4.29. The van der Waals surface area contributed by atoms with Crippen LogP contribution in [0.1, 0.15) is 47.6 Å². The molecule has 36 heavy (non-hydrogen) atoms. The van der Waals surface area contributed by atoms with E-state index in [4.69, 9.17) is 14.2 Å². The van der Waals surface area contributed by atoms with Gasteiger partial charge < -0.3 is 19.5 Å². The first kappa shape index (κ1) is 24.5. The molecule has 10 heteroatoms. The number of rotatable bonds is 10. The van der Waals surface area contributed by atoms with Gasteiger partial charge in [0.05, 0.1) is 25.6 Å². The zero-order valence-electron chi connectivity index (χ0n) is 20.4. The summed E-state index contributed by atoms with van der Waals surface area (Å²) in [6.07, 6.45) is 7.56. The molecule has 1 aromatic carbocycles. The Morgan fingerprint density at radius 1 is 1.19 bits per heavy atom. The fraction of sp³-hybridized carbons (Fsp3) is 0.462. The van der Waals surface area contributed by atoms with Gasteiger partial charge in [0.1, 0.15) is 22.7 Å². The summed E-state index contributed by atoms with van der Waals surface area (Å²) < 4.78 is 43.9. The minimum Gasteiger partial charge on any atom is -0.496 e. The van der Waals surface area contributed by atoms with Crippen LogP contribution in [0.3, 0.4) is 0 Å². The van der Waals surface area contributed by atoms with Crippen LogP contribution in [0.5, 0.6) is 11.5 Å². The van der Waals surface area contributed by atoms with Gasteiger partial charge >= 0.3 is 6.61 Å².